The van der Waals surface area contributed by atoms with Crippen molar-refractivity contribution in [3.05, 3.63) is 34.9 Å². The van der Waals surface area contributed by atoms with Gasteiger partial charge in [-0.25, -0.2) is 9.59 Å². The topological polar surface area (TPSA) is 69.6 Å². The average molecular weight is 288 g/mol. The molecular formula is C16H20N2O3. The quantitative estimate of drug-likeness (QED) is 0.895. The fraction of sp³-hybridized carbons (Fsp3) is 0.500. The summed E-state index contributed by atoms with van der Waals surface area (Å²) in [7, 11) is 0. The normalized spacial score (nSPS) is 23.4. The van der Waals surface area contributed by atoms with Crippen LogP contribution in [0.2, 0.25) is 0 Å². The number of carbonyl (C=O) groups is 2. The Balaban J connectivity index is 1.63. The molecule has 2 atom stereocenters. The summed E-state index contributed by atoms with van der Waals surface area (Å²) in [5.41, 5.74) is 2.36. The number of carboxylic acid groups (broad SMARTS) is 1. The number of nitrogens with one attached hydrogen (secondary N) is 1. The van der Waals surface area contributed by atoms with Crippen LogP contribution in [0.25, 0.3) is 0 Å². The number of urea groups is 1. The highest BCUT2D eigenvalue weighted by atomic mass is 16.4. The first kappa shape index (κ1) is 13.9. The molecule has 1 aromatic carbocycles. The summed E-state index contributed by atoms with van der Waals surface area (Å²) >= 11 is 0. The van der Waals surface area contributed by atoms with E-state index in [-0.39, 0.29) is 11.6 Å². The molecule has 0 aromatic heterocycles. The van der Waals surface area contributed by atoms with E-state index >= 15 is 0 Å². The summed E-state index contributed by atoms with van der Waals surface area (Å²) in [6.45, 7) is 4.12. The van der Waals surface area contributed by atoms with Crippen LogP contribution in [0.15, 0.2) is 18.2 Å². The molecule has 0 saturated heterocycles. The van der Waals surface area contributed by atoms with Crippen LogP contribution in [0.4, 0.5) is 4.79 Å². The van der Waals surface area contributed by atoms with Gasteiger partial charge in [-0.2, -0.15) is 0 Å². The first-order chi connectivity index (χ1) is 10.0. The molecule has 1 fully saturated rings. The number of nitrogens with zero attached hydrogens (tertiary/aromatic N) is 1. The Morgan fingerprint density at radius 1 is 1.38 bits per heavy atom. The van der Waals surface area contributed by atoms with Crippen molar-refractivity contribution in [2.75, 3.05) is 13.1 Å². The van der Waals surface area contributed by atoms with E-state index in [1.807, 2.05) is 6.07 Å². The number of aromatic carboxylic acids is 1. The Bertz CT molecular complexity index is 585. The van der Waals surface area contributed by atoms with Gasteiger partial charge >= 0.3 is 12.0 Å². The van der Waals surface area contributed by atoms with Crippen molar-refractivity contribution < 1.29 is 14.7 Å². The molecule has 2 unspecified atom stereocenters. The largest absolute Gasteiger partial charge is 0.478 e. The van der Waals surface area contributed by atoms with E-state index < -0.39 is 5.97 Å². The first-order valence-electron chi connectivity index (χ1n) is 7.42. The monoisotopic (exact) mass is 288 g/mol. The van der Waals surface area contributed by atoms with Gasteiger partial charge in [-0.3, -0.25) is 0 Å². The predicted molar refractivity (Wildman–Crippen MR) is 78.2 cm³/mol. The van der Waals surface area contributed by atoms with Gasteiger partial charge in [0.05, 0.1) is 5.56 Å². The third-order valence-corrected chi connectivity index (χ3v) is 4.54. The average Bonchev–Trinajstić information content (AvgIpc) is 3.19. The smallest absolute Gasteiger partial charge is 0.335 e. The van der Waals surface area contributed by atoms with E-state index in [1.54, 1.807) is 17.0 Å². The fourth-order valence-electron chi connectivity index (χ4n) is 2.88. The lowest BCUT2D eigenvalue weighted by Gasteiger charge is -2.29. The SMILES string of the molecule is CC1CC1CNC(=O)N1CCc2ccc(C(=O)O)cc2C1. The highest BCUT2D eigenvalue weighted by Crippen LogP contribution is 2.36. The number of carbonyl (C=O) groups excluding carboxylic acids is 1. The summed E-state index contributed by atoms with van der Waals surface area (Å²) in [6, 6.07) is 5.13. The van der Waals surface area contributed by atoms with Crippen molar-refractivity contribution in [3.63, 3.8) is 0 Å². The summed E-state index contributed by atoms with van der Waals surface area (Å²) in [4.78, 5) is 25.0. The Hall–Kier alpha value is -2.04. The number of rotatable bonds is 3. The molecule has 112 valence electrons. The van der Waals surface area contributed by atoms with Crippen molar-refractivity contribution in [3.8, 4) is 0 Å². The van der Waals surface area contributed by atoms with E-state index in [2.05, 4.69) is 12.2 Å². The molecule has 0 bridgehead atoms. The van der Waals surface area contributed by atoms with Gasteiger partial charge in [-0.05, 0) is 47.9 Å². The van der Waals surface area contributed by atoms with Gasteiger partial charge < -0.3 is 15.3 Å². The molecule has 5 nitrogen and oxygen atoms in total. The predicted octanol–water partition coefficient (Wildman–Crippen LogP) is 2.11. The third kappa shape index (κ3) is 3.01. The Morgan fingerprint density at radius 2 is 2.14 bits per heavy atom. The highest BCUT2D eigenvalue weighted by Gasteiger charge is 2.33. The second kappa shape index (κ2) is 5.39. The van der Waals surface area contributed by atoms with Crippen LogP contribution < -0.4 is 5.32 Å². The molecule has 1 heterocycles. The zero-order valence-corrected chi connectivity index (χ0v) is 12.1. The van der Waals surface area contributed by atoms with Crippen molar-refractivity contribution in [1.82, 2.24) is 10.2 Å². The van der Waals surface area contributed by atoms with Crippen molar-refractivity contribution in [2.45, 2.75) is 26.3 Å². The number of benzene rings is 1. The number of fused-ring (bicyclic) bond motifs is 1. The number of amides is 2. The van der Waals surface area contributed by atoms with Crippen LogP contribution in [0, 0.1) is 11.8 Å². The van der Waals surface area contributed by atoms with Crippen LogP contribution >= 0.6 is 0 Å². The zero-order chi connectivity index (χ0) is 15.0. The molecule has 3 rings (SSSR count). The molecule has 2 amide bonds. The first-order valence-corrected chi connectivity index (χ1v) is 7.42. The highest BCUT2D eigenvalue weighted by molar-refractivity contribution is 5.88. The number of carboxylic acids is 1. The third-order valence-electron chi connectivity index (χ3n) is 4.54. The van der Waals surface area contributed by atoms with Crippen molar-refractivity contribution >= 4 is 12.0 Å². The number of hydrogen-bond donors (Lipinski definition) is 2. The van der Waals surface area contributed by atoms with Crippen LogP contribution in [-0.4, -0.2) is 35.1 Å². The van der Waals surface area contributed by atoms with E-state index in [4.69, 9.17) is 5.11 Å². The van der Waals surface area contributed by atoms with Gasteiger partial charge in [0.1, 0.15) is 0 Å². The Labute approximate surface area is 123 Å². The molecule has 5 heteroatoms. The Morgan fingerprint density at radius 3 is 2.81 bits per heavy atom. The second-order valence-corrected chi connectivity index (χ2v) is 6.12. The molecule has 0 spiro atoms. The Kier molecular flexibility index (Phi) is 3.57. The molecule has 21 heavy (non-hydrogen) atoms. The van der Waals surface area contributed by atoms with E-state index in [0.29, 0.717) is 19.0 Å². The van der Waals surface area contributed by atoms with Crippen LogP contribution in [0.5, 0.6) is 0 Å². The lowest BCUT2D eigenvalue weighted by atomic mass is 9.97. The van der Waals surface area contributed by atoms with Crippen LogP contribution in [-0.2, 0) is 13.0 Å². The minimum Gasteiger partial charge on any atom is -0.478 e. The van der Waals surface area contributed by atoms with Crippen molar-refractivity contribution in [1.29, 1.82) is 0 Å². The maximum Gasteiger partial charge on any atom is 0.335 e. The summed E-state index contributed by atoms with van der Waals surface area (Å²) in [6.07, 6.45) is 1.98. The molecule has 1 aliphatic carbocycles. The molecule has 1 aromatic rings. The van der Waals surface area contributed by atoms with Gasteiger partial charge in [0.25, 0.3) is 0 Å². The summed E-state index contributed by atoms with van der Waals surface area (Å²) < 4.78 is 0. The molecular weight excluding hydrogens is 268 g/mol. The minimum absolute atomic E-state index is 0.0412. The van der Waals surface area contributed by atoms with Gasteiger partial charge in [0.2, 0.25) is 0 Å². The fourth-order valence-corrected chi connectivity index (χ4v) is 2.88. The lowest BCUT2D eigenvalue weighted by molar-refractivity contribution is 0.0696. The van der Waals surface area contributed by atoms with Crippen LogP contribution in [0.3, 0.4) is 0 Å². The van der Waals surface area contributed by atoms with Crippen LogP contribution in [0.1, 0.15) is 34.8 Å². The minimum atomic E-state index is -0.929. The summed E-state index contributed by atoms with van der Waals surface area (Å²) in [5.74, 6) is 0.428. The van der Waals surface area contributed by atoms with Gasteiger partial charge in [0, 0.05) is 19.6 Å². The maximum absolute atomic E-state index is 12.2. The van der Waals surface area contributed by atoms with Gasteiger partial charge in [-0.15, -0.1) is 0 Å². The zero-order valence-electron chi connectivity index (χ0n) is 12.1. The van der Waals surface area contributed by atoms with E-state index in [9.17, 15) is 9.59 Å². The van der Waals surface area contributed by atoms with Gasteiger partial charge in [0.15, 0.2) is 0 Å². The standard InChI is InChI=1S/C16H20N2O3/c1-10-6-13(10)8-17-16(21)18-5-4-11-2-3-12(15(19)20)7-14(11)9-18/h2-3,7,10,13H,4-6,8-9H2,1H3,(H,17,21)(H,19,20). The number of hydrogen-bond acceptors (Lipinski definition) is 2. The van der Waals surface area contributed by atoms with Gasteiger partial charge in [-0.1, -0.05) is 13.0 Å². The molecule has 2 N–H and O–H groups in total. The molecule has 2 aliphatic rings. The molecule has 1 aliphatic heterocycles. The molecule has 0 radical (unpaired) electrons. The lowest BCUT2D eigenvalue weighted by Crippen LogP contribution is -2.43. The summed E-state index contributed by atoms with van der Waals surface area (Å²) in [5, 5.41) is 12.0. The van der Waals surface area contributed by atoms with E-state index in [1.165, 1.54) is 6.42 Å². The second-order valence-electron chi connectivity index (χ2n) is 6.12. The molecule has 1 saturated carbocycles. The maximum atomic E-state index is 12.2. The van der Waals surface area contributed by atoms with E-state index in [0.717, 1.165) is 30.0 Å². The van der Waals surface area contributed by atoms with Crippen molar-refractivity contribution in [2.24, 2.45) is 11.8 Å².